The molecule has 0 spiro atoms. The highest BCUT2D eigenvalue weighted by Crippen LogP contribution is 2.52. The van der Waals surface area contributed by atoms with Crippen molar-refractivity contribution in [1.29, 1.82) is 5.26 Å². The van der Waals surface area contributed by atoms with Gasteiger partial charge < -0.3 is 9.84 Å². The fourth-order valence-corrected chi connectivity index (χ4v) is 4.09. The minimum Gasteiger partial charge on any atom is -0.497 e. The van der Waals surface area contributed by atoms with Gasteiger partial charge in [0.2, 0.25) is 5.60 Å². The van der Waals surface area contributed by atoms with E-state index in [-0.39, 0.29) is 20.3 Å². The Hall–Kier alpha value is -1.75. The lowest BCUT2D eigenvalue weighted by molar-refractivity contribution is -0.273. The summed E-state index contributed by atoms with van der Waals surface area (Å²) in [6, 6.07) is 7.31. The number of hydrogen-bond acceptors (Lipinski definition) is 4. The lowest BCUT2D eigenvalue weighted by Gasteiger charge is -2.35. The summed E-state index contributed by atoms with van der Waals surface area (Å²) in [5, 5.41) is 19.8. The fourth-order valence-electron chi connectivity index (χ4n) is 2.59. The minimum atomic E-state index is -4.96. The number of halogens is 4. The third kappa shape index (κ3) is 3.34. The second kappa shape index (κ2) is 6.87. The Labute approximate surface area is 152 Å². The zero-order chi connectivity index (χ0) is 19.0. The van der Waals surface area contributed by atoms with E-state index in [1.165, 1.54) is 45.2 Å². The van der Waals surface area contributed by atoms with Gasteiger partial charge in [-0.25, -0.2) is 0 Å². The van der Waals surface area contributed by atoms with Gasteiger partial charge in [-0.1, -0.05) is 24.6 Å². The van der Waals surface area contributed by atoms with Gasteiger partial charge in [-0.2, -0.15) is 18.4 Å². The van der Waals surface area contributed by atoms with Crippen LogP contribution in [0.4, 0.5) is 13.2 Å². The molecule has 8 heteroatoms. The molecule has 2 atom stereocenters. The number of methoxy groups -OCH3 is 1. The van der Waals surface area contributed by atoms with Gasteiger partial charge in [-0.05, 0) is 36.2 Å². The van der Waals surface area contributed by atoms with Crippen LogP contribution in [0.25, 0.3) is 0 Å². The maximum absolute atomic E-state index is 13.9. The summed E-state index contributed by atoms with van der Waals surface area (Å²) in [6.07, 6.45) is -4.96. The van der Waals surface area contributed by atoms with Crippen molar-refractivity contribution in [2.75, 3.05) is 7.11 Å². The number of alkyl halides is 3. The third-order valence-corrected chi connectivity index (χ3v) is 5.72. The molecule has 0 aliphatic heterocycles. The molecule has 3 nitrogen and oxygen atoms in total. The second-order valence-corrected chi connectivity index (χ2v) is 7.07. The van der Waals surface area contributed by atoms with Crippen LogP contribution in [0.1, 0.15) is 33.7 Å². The molecule has 0 amide bonds. The predicted molar refractivity (Wildman–Crippen MR) is 90.1 cm³/mol. The molecule has 1 aromatic heterocycles. The molecule has 2 aromatic rings. The molecule has 1 heterocycles. The molecule has 134 valence electrons. The molecular weight excluding hydrogens is 375 g/mol. The molecule has 0 radical (unpaired) electrons. The summed E-state index contributed by atoms with van der Waals surface area (Å²) >= 11 is 6.73. The Bertz CT molecular complexity index is 828. The Morgan fingerprint density at radius 3 is 2.40 bits per heavy atom. The zero-order valence-electron chi connectivity index (χ0n) is 13.6. The van der Waals surface area contributed by atoms with Crippen LogP contribution < -0.4 is 4.74 Å². The van der Waals surface area contributed by atoms with E-state index in [1.807, 2.05) is 6.07 Å². The highest BCUT2D eigenvalue weighted by Gasteiger charge is 2.60. The van der Waals surface area contributed by atoms with Gasteiger partial charge in [0.1, 0.15) is 16.7 Å². The number of aryl methyl sites for hydroxylation is 1. The number of hydrogen-bond donors (Lipinski definition) is 1. The average molecular weight is 390 g/mol. The van der Waals surface area contributed by atoms with E-state index in [9.17, 15) is 18.3 Å². The maximum atomic E-state index is 13.9. The SMILES string of the molecule is COc1ccc(C(C)C(O)(c2cc(C)c(C#N)s2)C(F)(F)F)c(Cl)c1. The topological polar surface area (TPSA) is 53.2 Å². The van der Waals surface area contributed by atoms with E-state index < -0.39 is 17.7 Å². The van der Waals surface area contributed by atoms with E-state index in [0.29, 0.717) is 22.6 Å². The summed E-state index contributed by atoms with van der Waals surface area (Å²) in [4.78, 5) is -0.209. The van der Waals surface area contributed by atoms with Crippen molar-refractivity contribution in [1.82, 2.24) is 0 Å². The molecule has 0 saturated carbocycles. The van der Waals surface area contributed by atoms with Crippen LogP contribution >= 0.6 is 22.9 Å². The lowest BCUT2D eigenvalue weighted by Crippen LogP contribution is -2.46. The van der Waals surface area contributed by atoms with E-state index >= 15 is 0 Å². The number of aliphatic hydroxyl groups is 1. The molecule has 0 bridgehead atoms. The molecule has 0 aliphatic carbocycles. The maximum Gasteiger partial charge on any atom is 0.422 e. The van der Waals surface area contributed by atoms with E-state index in [1.54, 1.807) is 0 Å². The molecule has 1 N–H and O–H groups in total. The Morgan fingerprint density at radius 1 is 1.32 bits per heavy atom. The largest absolute Gasteiger partial charge is 0.497 e. The number of thiophene rings is 1. The van der Waals surface area contributed by atoms with Crippen LogP contribution in [0.5, 0.6) is 5.75 Å². The smallest absolute Gasteiger partial charge is 0.422 e. The summed E-state index contributed by atoms with van der Waals surface area (Å²) in [7, 11) is 1.42. The highest BCUT2D eigenvalue weighted by molar-refractivity contribution is 7.12. The van der Waals surface area contributed by atoms with Gasteiger partial charge in [0.25, 0.3) is 0 Å². The first-order valence-electron chi connectivity index (χ1n) is 7.19. The molecule has 2 unspecified atom stereocenters. The van der Waals surface area contributed by atoms with Gasteiger partial charge in [0, 0.05) is 15.8 Å². The molecule has 25 heavy (non-hydrogen) atoms. The number of benzene rings is 1. The van der Waals surface area contributed by atoms with E-state index in [0.717, 1.165) is 0 Å². The van der Waals surface area contributed by atoms with Crippen molar-refractivity contribution in [3.05, 3.63) is 50.2 Å². The van der Waals surface area contributed by atoms with Gasteiger partial charge in [-0.3, -0.25) is 0 Å². The van der Waals surface area contributed by atoms with Crippen LogP contribution in [0.15, 0.2) is 24.3 Å². The van der Waals surface area contributed by atoms with Crippen LogP contribution in [0.3, 0.4) is 0 Å². The van der Waals surface area contributed by atoms with Gasteiger partial charge >= 0.3 is 6.18 Å². The molecule has 1 aromatic carbocycles. The summed E-state index contributed by atoms with van der Waals surface area (Å²) in [5.74, 6) is -0.995. The Kier molecular flexibility index (Phi) is 5.38. The molecule has 0 saturated heterocycles. The number of nitriles is 1. The summed E-state index contributed by atoms with van der Waals surface area (Å²) in [5.41, 5.74) is -2.65. The lowest BCUT2D eigenvalue weighted by atomic mass is 9.81. The fraction of sp³-hybridized carbons (Fsp3) is 0.353. The first kappa shape index (κ1) is 19.6. The summed E-state index contributed by atoms with van der Waals surface area (Å²) in [6.45, 7) is 2.78. The molecule has 0 aliphatic rings. The zero-order valence-corrected chi connectivity index (χ0v) is 15.2. The van der Waals surface area contributed by atoms with Crippen molar-refractivity contribution in [3.63, 3.8) is 0 Å². The van der Waals surface area contributed by atoms with Crippen LogP contribution in [0.2, 0.25) is 5.02 Å². The van der Waals surface area contributed by atoms with Gasteiger partial charge in [-0.15, -0.1) is 11.3 Å². The van der Waals surface area contributed by atoms with E-state index in [2.05, 4.69) is 0 Å². The highest BCUT2D eigenvalue weighted by atomic mass is 35.5. The first-order chi connectivity index (χ1) is 11.6. The van der Waals surface area contributed by atoms with Crippen molar-refractivity contribution < 1.29 is 23.0 Å². The molecule has 2 rings (SSSR count). The monoisotopic (exact) mass is 389 g/mol. The first-order valence-corrected chi connectivity index (χ1v) is 8.39. The predicted octanol–water partition coefficient (Wildman–Crippen LogP) is 5.14. The van der Waals surface area contributed by atoms with Crippen LogP contribution in [0, 0.1) is 18.3 Å². The summed E-state index contributed by atoms with van der Waals surface area (Å²) < 4.78 is 46.6. The van der Waals surface area contributed by atoms with Crippen molar-refractivity contribution in [2.24, 2.45) is 0 Å². The van der Waals surface area contributed by atoms with Crippen molar-refractivity contribution in [2.45, 2.75) is 31.5 Å². The van der Waals surface area contributed by atoms with Crippen molar-refractivity contribution in [3.8, 4) is 11.8 Å². The molecule has 0 fully saturated rings. The quantitative estimate of drug-likeness (QED) is 0.787. The van der Waals surface area contributed by atoms with Crippen LogP contribution in [-0.4, -0.2) is 18.4 Å². The third-order valence-electron chi connectivity index (χ3n) is 4.13. The Balaban J connectivity index is 2.63. The number of rotatable bonds is 4. The van der Waals surface area contributed by atoms with E-state index in [4.69, 9.17) is 21.6 Å². The van der Waals surface area contributed by atoms with Crippen molar-refractivity contribution >= 4 is 22.9 Å². The molecular formula is C17H15ClF3NO2S. The standard InChI is InChI=1S/C17H15ClF3NO2S/c1-9-6-15(25-14(9)8-22)16(23,17(19,20)21)10(2)12-5-4-11(24-3)7-13(12)18/h4-7,10,23H,1-3H3. The average Bonchev–Trinajstić information content (AvgIpc) is 2.93. The minimum absolute atomic E-state index is 0.0586. The van der Waals surface area contributed by atoms with Crippen LogP contribution in [-0.2, 0) is 5.60 Å². The number of nitrogens with zero attached hydrogens (tertiary/aromatic N) is 1. The number of ether oxygens (including phenoxy) is 1. The Morgan fingerprint density at radius 2 is 1.96 bits per heavy atom. The van der Waals surface area contributed by atoms with Gasteiger partial charge in [0.05, 0.1) is 7.11 Å². The van der Waals surface area contributed by atoms with Gasteiger partial charge in [0.15, 0.2) is 0 Å². The second-order valence-electron chi connectivity index (χ2n) is 5.61. The normalized spacial score (nSPS) is 15.3.